The van der Waals surface area contributed by atoms with Crippen molar-refractivity contribution >= 4 is 17.6 Å². The zero-order valence-electron chi connectivity index (χ0n) is 11.9. The molecule has 7 nitrogen and oxygen atoms in total. The van der Waals surface area contributed by atoms with Gasteiger partial charge in [0.1, 0.15) is 5.75 Å². The summed E-state index contributed by atoms with van der Waals surface area (Å²) in [5, 5.41) is 21.4. The summed E-state index contributed by atoms with van der Waals surface area (Å²) in [5.74, 6) is -2.25. The Labute approximate surface area is 122 Å². The summed E-state index contributed by atoms with van der Waals surface area (Å²) in [4.78, 5) is 23.5. The number of rotatable bonds is 4. The fourth-order valence-corrected chi connectivity index (χ4v) is 2.35. The van der Waals surface area contributed by atoms with E-state index in [0.717, 1.165) is 11.3 Å². The average Bonchev–Trinajstić information content (AvgIpc) is 2.36. The number of aliphatic hydroxyl groups is 1. The second-order valence-electron chi connectivity index (χ2n) is 5.10. The topological polar surface area (TPSA) is 99.1 Å². The predicted octanol–water partition coefficient (Wildman–Crippen LogP) is 0.451. The largest absolute Gasteiger partial charge is 0.482 e. The van der Waals surface area contributed by atoms with Crippen LogP contribution in [-0.4, -0.2) is 41.1 Å². The Kier molecular flexibility index (Phi) is 4.04. The molecule has 3 N–H and O–H groups in total. The van der Waals surface area contributed by atoms with E-state index in [1.54, 1.807) is 23.1 Å². The van der Waals surface area contributed by atoms with Crippen LogP contribution in [0.3, 0.4) is 0 Å². The first-order chi connectivity index (χ1) is 9.79. The maximum atomic E-state index is 11.4. The summed E-state index contributed by atoms with van der Waals surface area (Å²) in [6.07, 6.45) is 0.298. The zero-order valence-corrected chi connectivity index (χ0v) is 11.9. The third-order valence-corrected chi connectivity index (χ3v) is 3.29. The van der Waals surface area contributed by atoms with E-state index < -0.39 is 18.4 Å². The quantitative estimate of drug-likeness (QED) is 0.745. The van der Waals surface area contributed by atoms with Crippen molar-refractivity contribution in [2.75, 3.05) is 18.1 Å². The molecule has 1 fully saturated rings. The highest BCUT2D eigenvalue weighted by atomic mass is 16.5. The van der Waals surface area contributed by atoms with Crippen LogP contribution in [0, 0.1) is 6.92 Å². The molecular weight excluding hydrogens is 276 g/mol. The number of nitrogens with one attached hydrogen (secondary N) is 1. The molecule has 1 unspecified atom stereocenters. The van der Waals surface area contributed by atoms with Crippen LogP contribution in [0.15, 0.2) is 18.2 Å². The summed E-state index contributed by atoms with van der Waals surface area (Å²) in [6.45, 7) is 3.33. The second kappa shape index (κ2) is 5.61. The number of amides is 1. The highest BCUT2D eigenvalue weighted by molar-refractivity contribution is 5.79. The maximum Gasteiger partial charge on any atom is 0.341 e. The van der Waals surface area contributed by atoms with Crippen molar-refractivity contribution in [2.45, 2.75) is 26.1 Å². The molecule has 0 aliphatic carbocycles. The number of hydrogen-bond donors (Lipinski definition) is 3. The number of aliphatic carboxylic acids is 1. The van der Waals surface area contributed by atoms with Crippen LogP contribution in [0.5, 0.6) is 5.75 Å². The lowest BCUT2D eigenvalue weighted by Gasteiger charge is -2.43. The van der Waals surface area contributed by atoms with E-state index in [1.165, 1.54) is 6.92 Å². The lowest BCUT2D eigenvalue weighted by atomic mass is 10.1. The van der Waals surface area contributed by atoms with Crippen LogP contribution in [0.25, 0.3) is 0 Å². The number of carbonyl (C=O) groups is 2. The van der Waals surface area contributed by atoms with E-state index in [0.29, 0.717) is 18.7 Å². The SMILES string of the molecule is Cc1cc(OCC(=O)O)ccc1N1CCC(=O)NC1(C)O. The molecule has 0 radical (unpaired) electrons. The number of nitrogens with zero attached hydrogens (tertiary/aromatic N) is 1. The van der Waals surface area contributed by atoms with Gasteiger partial charge in [-0.3, -0.25) is 4.79 Å². The Morgan fingerprint density at radius 3 is 2.81 bits per heavy atom. The van der Waals surface area contributed by atoms with Gasteiger partial charge in [0.2, 0.25) is 11.8 Å². The van der Waals surface area contributed by atoms with Crippen LogP contribution in [0.2, 0.25) is 0 Å². The number of carboxylic acid groups (broad SMARTS) is 1. The van der Waals surface area contributed by atoms with E-state index in [1.807, 2.05) is 6.92 Å². The van der Waals surface area contributed by atoms with Crippen molar-refractivity contribution in [1.29, 1.82) is 0 Å². The molecule has 1 atom stereocenters. The smallest absolute Gasteiger partial charge is 0.341 e. The minimum absolute atomic E-state index is 0.199. The molecule has 1 aromatic rings. The van der Waals surface area contributed by atoms with Gasteiger partial charge in [-0.25, -0.2) is 4.79 Å². The molecule has 0 aromatic heterocycles. The minimum Gasteiger partial charge on any atom is -0.482 e. The summed E-state index contributed by atoms with van der Waals surface area (Å²) in [7, 11) is 0. The fraction of sp³-hybridized carbons (Fsp3) is 0.429. The number of carbonyl (C=O) groups excluding carboxylic acids is 1. The van der Waals surface area contributed by atoms with Gasteiger partial charge in [0.05, 0.1) is 0 Å². The molecule has 1 aliphatic rings. The highest BCUT2D eigenvalue weighted by Crippen LogP contribution is 2.30. The van der Waals surface area contributed by atoms with E-state index >= 15 is 0 Å². The molecule has 21 heavy (non-hydrogen) atoms. The minimum atomic E-state index is -1.45. The van der Waals surface area contributed by atoms with Crippen molar-refractivity contribution in [1.82, 2.24) is 5.32 Å². The lowest BCUT2D eigenvalue weighted by molar-refractivity contribution is -0.139. The predicted molar refractivity (Wildman–Crippen MR) is 75.0 cm³/mol. The Morgan fingerprint density at radius 2 is 2.24 bits per heavy atom. The molecule has 7 heteroatoms. The summed E-state index contributed by atoms with van der Waals surface area (Å²) in [6, 6.07) is 5.07. The molecule has 1 heterocycles. The van der Waals surface area contributed by atoms with Gasteiger partial charge in [0.25, 0.3) is 0 Å². The van der Waals surface area contributed by atoms with Gasteiger partial charge in [-0.2, -0.15) is 0 Å². The number of ether oxygens (including phenoxy) is 1. The molecular formula is C14H18N2O5. The van der Waals surface area contributed by atoms with Gasteiger partial charge in [-0.1, -0.05) is 0 Å². The molecule has 0 bridgehead atoms. The van der Waals surface area contributed by atoms with Gasteiger partial charge < -0.3 is 25.2 Å². The van der Waals surface area contributed by atoms with Crippen molar-refractivity contribution in [3.8, 4) is 5.75 Å². The van der Waals surface area contributed by atoms with Gasteiger partial charge in [0.15, 0.2) is 6.61 Å². The van der Waals surface area contributed by atoms with Crippen LogP contribution < -0.4 is 15.0 Å². The second-order valence-corrected chi connectivity index (χ2v) is 5.10. The van der Waals surface area contributed by atoms with E-state index in [4.69, 9.17) is 9.84 Å². The first-order valence-electron chi connectivity index (χ1n) is 6.56. The maximum absolute atomic E-state index is 11.4. The van der Waals surface area contributed by atoms with Gasteiger partial charge in [-0.15, -0.1) is 0 Å². The third kappa shape index (κ3) is 3.43. The monoisotopic (exact) mass is 294 g/mol. The van der Waals surface area contributed by atoms with Gasteiger partial charge >= 0.3 is 5.97 Å². The van der Waals surface area contributed by atoms with Crippen LogP contribution in [-0.2, 0) is 9.59 Å². The number of aryl methyl sites for hydroxylation is 1. The van der Waals surface area contributed by atoms with E-state index in [9.17, 15) is 14.7 Å². The van der Waals surface area contributed by atoms with Crippen molar-refractivity contribution < 1.29 is 24.5 Å². The van der Waals surface area contributed by atoms with Crippen molar-refractivity contribution in [2.24, 2.45) is 0 Å². The normalized spacial score (nSPS) is 21.9. The lowest BCUT2D eigenvalue weighted by Crippen LogP contribution is -2.63. The molecule has 1 amide bonds. The molecule has 1 saturated heterocycles. The Bertz CT molecular complexity index is 570. The highest BCUT2D eigenvalue weighted by Gasteiger charge is 2.36. The first-order valence-corrected chi connectivity index (χ1v) is 6.56. The zero-order chi connectivity index (χ0) is 15.6. The Hall–Kier alpha value is -2.28. The third-order valence-electron chi connectivity index (χ3n) is 3.29. The van der Waals surface area contributed by atoms with Gasteiger partial charge in [-0.05, 0) is 30.7 Å². The number of benzene rings is 1. The Morgan fingerprint density at radius 1 is 1.52 bits per heavy atom. The summed E-state index contributed by atoms with van der Waals surface area (Å²) in [5.41, 5.74) is 1.57. The molecule has 1 aromatic carbocycles. The molecule has 0 spiro atoms. The van der Waals surface area contributed by atoms with E-state index in [2.05, 4.69) is 5.32 Å². The molecule has 114 valence electrons. The van der Waals surface area contributed by atoms with Crippen molar-refractivity contribution in [3.05, 3.63) is 23.8 Å². The average molecular weight is 294 g/mol. The molecule has 2 rings (SSSR count). The van der Waals surface area contributed by atoms with E-state index in [-0.39, 0.29) is 5.91 Å². The van der Waals surface area contributed by atoms with Crippen molar-refractivity contribution in [3.63, 3.8) is 0 Å². The van der Waals surface area contributed by atoms with Crippen LogP contribution >= 0.6 is 0 Å². The number of anilines is 1. The van der Waals surface area contributed by atoms with Crippen LogP contribution in [0.4, 0.5) is 5.69 Å². The fourth-order valence-electron chi connectivity index (χ4n) is 2.35. The molecule has 1 aliphatic heterocycles. The number of carboxylic acids is 1. The summed E-state index contributed by atoms with van der Waals surface area (Å²) < 4.78 is 5.11. The first kappa shape index (κ1) is 15.1. The Balaban J connectivity index is 2.20. The molecule has 0 saturated carbocycles. The summed E-state index contributed by atoms with van der Waals surface area (Å²) >= 11 is 0. The number of hydrogen-bond acceptors (Lipinski definition) is 5. The standard InChI is InChI=1S/C14H18N2O5/c1-9-7-10(21-8-13(18)19)3-4-11(9)16-6-5-12(17)15-14(16,2)20/h3-4,7,20H,5-6,8H2,1-2H3,(H,15,17)(H,18,19). The van der Waals surface area contributed by atoms with Gasteiger partial charge in [0, 0.05) is 25.6 Å². The van der Waals surface area contributed by atoms with Crippen LogP contribution in [0.1, 0.15) is 18.9 Å².